The Kier molecular flexibility index (Phi) is 2.11. The highest BCUT2D eigenvalue weighted by molar-refractivity contribution is 5.41. The van der Waals surface area contributed by atoms with Gasteiger partial charge in [-0.05, 0) is 42.1 Å². The van der Waals surface area contributed by atoms with E-state index in [4.69, 9.17) is 0 Å². The van der Waals surface area contributed by atoms with Crippen molar-refractivity contribution in [3.05, 3.63) is 35.1 Å². The topological polar surface area (TPSA) is 12.0 Å². The molecule has 1 aromatic carbocycles. The summed E-state index contributed by atoms with van der Waals surface area (Å²) in [6, 6.07) is 5.43. The van der Waals surface area contributed by atoms with Crippen LogP contribution < -0.4 is 5.32 Å². The lowest BCUT2D eigenvalue weighted by molar-refractivity contribution is 0.447. The Balaban J connectivity index is 2.54. The first-order valence-corrected chi connectivity index (χ1v) is 5.02. The van der Waals surface area contributed by atoms with Crippen LogP contribution in [0.2, 0.25) is 0 Å². The summed E-state index contributed by atoms with van der Waals surface area (Å²) in [4.78, 5) is 0. The van der Waals surface area contributed by atoms with Crippen LogP contribution in [0.4, 0.5) is 4.39 Å². The maximum absolute atomic E-state index is 13.1. The normalized spacial score (nSPS) is 23.6. The fourth-order valence-corrected chi connectivity index (χ4v) is 2.43. The van der Waals surface area contributed by atoms with Gasteiger partial charge in [0.2, 0.25) is 0 Å². The summed E-state index contributed by atoms with van der Waals surface area (Å²) in [5.74, 6) is -0.137. The molecular formula is C12H16FN. The van der Waals surface area contributed by atoms with Gasteiger partial charge in [-0.15, -0.1) is 0 Å². The molecule has 1 atom stereocenters. The summed E-state index contributed by atoms with van der Waals surface area (Å²) < 4.78 is 13.1. The summed E-state index contributed by atoms with van der Waals surface area (Å²) in [6.45, 7) is 4.42. The van der Waals surface area contributed by atoms with E-state index in [1.165, 1.54) is 5.56 Å². The summed E-state index contributed by atoms with van der Waals surface area (Å²) in [6.07, 6.45) is 1.04. The molecule has 14 heavy (non-hydrogen) atoms. The zero-order chi connectivity index (χ0) is 10.3. The molecule has 0 amide bonds. The van der Waals surface area contributed by atoms with E-state index in [0.717, 1.165) is 12.0 Å². The molecule has 0 saturated heterocycles. The number of benzene rings is 1. The van der Waals surface area contributed by atoms with Crippen LogP contribution in [0, 0.1) is 5.82 Å². The minimum Gasteiger partial charge on any atom is -0.313 e. The SMILES string of the molecule is CNC1CC(C)(C)c2ccc(F)cc21. The summed E-state index contributed by atoms with van der Waals surface area (Å²) in [7, 11) is 1.93. The Bertz CT molecular complexity index is 357. The van der Waals surface area contributed by atoms with E-state index in [1.54, 1.807) is 12.1 Å². The molecule has 0 saturated carbocycles. The van der Waals surface area contributed by atoms with E-state index in [-0.39, 0.29) is 11.2 Å². The number of hydrogen-bond donors (Lipinski definition) is 1. The molecule has 1 nitrogen and oxygen atoms in total. The Morgan fingerprint density at radius 1 is 1.43 bits per heavy atom. The number of rotatable bonds is 1. The molecule has 0 bridgehead atoms. The van der Waals surface area contributed by atoms with Crippen LogP contribution in [-0.2, 0) is 5.41 Å². The number of fused-ring (bicyclic) bond motifs is 1. The lowest BCUT2D eigenvalue weighted by Crippen LogP contribution is -2.17. The molecule has 0 aromatic heterocycles. The average Bonchev–Trinajstić information content (AvgIpc) is 2.37. The van der Waals surface area contributed by atoms with Crippen LogP contribution in [0.1, 0.15) is 37.4 Å². The zero-order valence-corrected chi connectivity index (χ0v) is 8.89. The molecule has 0 spiro atoms. The van der Waals surface area contributed by atoms with Gasteiger partial charge in [0.25, 0.3) is 0 Å². The van der Waals surface area contributed by atoms with Crippen molar-refractivity contribution in [2.45, 2.75) is 31.7 Å². The third-order valence-corrected chi connectivity index (χ3v) is 3.18. The van der Waals surface area contributed by atoms with E-state index in [9.17, 15) is 4.39 Å². The molecule has 1 N–H and O–H groups in total. The van der Waals surface area contributed by atoms with Gasteiger partial charge in [-0.1, -0.05) is 19.9 Å². The van der Waals surface area contributed by atoms with Gasteiger partial charge in [0, 0.05) is 6.04 Å². The Morgan fingerprint density at radius 3 is 2.79 bits per heavy atom. The van der Waals surface area contributed by atoms with E-state index in [1.807, 2.05) is 13.1 Å². The van der Waals surface area contributed by atoms with Crippen LogP contribution in [0.5, 0.6) is 0 Å². The van der Waals surface area contributed by atoms with Gasteiger partial charge in [-0.3, -0.25) is 0 Å². The predicted octanol–water partition coefficient (Wildman–Crippen LogP) is 2.77. The number of halogens is 1. The van der Waals surface area contributed by atoms with Crippen molar-refractivity contribution in [3.8, 4) is 0 Å². The maximum atomic E-state index is 13.1. The second kappa shape index (κ2) is 3.06. The van der Waals surface area contributed by atoms with E-state index >= 15 is 0 Å². The molecule has 2 heteroatoms. The van der Waals surface area contributed by atoms with Crippen molar-refractivity contribution < 1.29 is 4.39 Å². The third-order valence-electron chi connectivity index (χ3n) is 3.18. The van der Waals surface area contributed by atoms with Crippen LogP contribution in [0.3, 0.4) is 0 Å². The first-order valence-electron chi connectivity index (χ1n) is 5.02. The standard InChI is InChI=1S/C12H16FN/c1-12(2)7-11(14-3)9-6-8(13)4-5-10(9)12/h4-6,11,14H,7H2,1-3H3. The van der Waals surface area contributed by atoms with Crippen LogP contribution in [0.15, 0.2) is 18.2 Å². The highest BCUT2D eigenvalue weighted by Gasteiger charge is 2.35. The summed E-state index contributed by atoms with van der Waals surface area (Å²) in [5, 5.41) is 3.24. The lowest BCUT2D eigenvalue weighted by atomic mass is 9.86. The minimum atomic E-state index is -0.137. The molecule has 1 unspecified atom stereocenters. The van der Waals surface area contributed by atoms with Crippen molar-refractivity contribution >= 4 is 0 Å². The number of nitrogens with one attached hydrogen (secondary N) is 1. The molecule has 0 radical (unpaired) electrons. The van der Waals surface area contributed by atoms with Crippen LogP contribution in [-0.4, -0.2) is 7.05 Å². The predicted molar refractivity (Wildman–Crippen MR) is 55.8 cm³/mol. The van der Waals surface area contributed by atoms with Crippen LogP contribution >= 0.6 is 0 Å². The van der Waals surface area contributed by atoms with E-state index in [2.05, 4.69) is 19.2 Å². The maximum Gasteiger partial charge on any atom is 0.123 e. The molecule has 76 valence electrons. The van der Waals surface area contributed by atoms with Crippen LogP contribution in [0.25, 0.3) is 0 Å². The van der Waals surface area contributed by atoms with Gasteiger partial charge in [0.1, 0.15) is 5.82 Å². The van der Waals surface area contributed by atoms with Gasteiger partial charge >= 0.3 is 0 Å². The first kappa shape index (κ1) is 9.66. The second-order valence-electron chi connectivity index (χ2n) is 4.66. The third kappa shape index (κ3) is 1.34. The molecule has 1 aliphatic carbocycles. The van der Waals surface area contributed by atoms with E-state index in [0.29, 0.717) is 6.04 Å². The Labute approximate surface area is 84.3 Å². The lowest BCUT2D eigenvalue weighted by Gasteiger charge is -2.18. The minimum absolute atomic E-state index is 0.137. The van der Waals surface area contributed by atoms with Gasteiger partial charge in [-0.2, -0.15) is 0 Å². The molecular weight excluding hydrogens is 177 g/mol. The molecule has 2 rings (SSSR count). The Morgan fingerprint density at radius 2 is 2.14 bits per heavy atom. The van der Waals surface area contributed by atoms with Crippen molar-refractivity contribution in [2.75, 3.05) is 7.05 Å². The fraction of sp³-hybridized carbons (Fsp3) is 0.500. The highest BCUT2D eigenvalue weighted by Crippen LogP contribution is 2.44. The first-order chi connectivity index (χ1) is 6.54. The molecule has 1 aliphatic rings. The van der Waals surface area contributed by atoms with Gasteiger partial charge in [0.15, 0.2) is 0 Å². The van der Waals surface area contributed by atoms with E-state index < -0.39 is 0 Å². The quantitative estimate of drug-likeness (QED) is 0.723. The summed E-state index contributed by atoms with van der Waals surface area (Å²) in [5.41, 5.74) is 2.56. The van der Waals surface area contributed by atoms with Crippen molar-refractivity contribution in [1.29, 1.82) is 0 Å². The largest absolute Gasteiger partial charge is 0.313 e. The molecule has 0 heterocycles. The van der Waals surface area contributed by atoms with Crippen molar-refractivity contribution in [2.24, 2.45) is 0 Å². The molecule has 0 aliphatic heterocycles. The summed E-state index contributed by atoms with van der Waals surface area (Å²) >= 11 is 0. The smallest absolute Gasteiger partial charge is 0.123 e. The molecule has 1 aromatic rings. The second-order valence-corrected chi connectivity index (χ2v) is 4.66. The Hall–Kier alpha value is -0.890. The average molecular weight is 193 g/mol. The van der Waals surface area contributed by atoms with Gasteiger partial charge in [-0.25, -0.2) is 4.39 Å². The highest BCUT2D eigenvalue weighted by atomic mass is 19.1. The molecule has 0 fully saturated rings. The van der Waals surface area contributed by atoms with Crippen molar-refractivity contribution in [1.82, 2.24) is 5.32 Å². The van der Waals surface area contributed by atoms with Crippen molar-refractivity contribution in [3.63, 3.8) is 0 Å². The zero-order valence-electron chi connectivity index (χ0n) is 8.89. The number of hydrogen-bond acceptors (Lipinski definition) is 1. The van der Waals surface area contributed by atoms with Gasteiger partial charge in [0.05, 0.1) is 0 Å². The monoisotopic (exact) mass is 193 g/mol. The fourth-order valence-electron chi connectivity index (χ4n) is 2.43. The van der Waals surface area contributed by atoms with Gasteiger partial charge < -0.3 is 5.32 Å².